The zero-order chi connectivity index (χ0) is 11.3. The van der Waals surface area contributed by atoms with Crippen molar-refractivity contribution in [2.24, 2.45) is 0 Å². The van der Waals surface area contributed by atoms with Crippen LogP contribution in [0.5, 0.6) is 0 Å². The first-order valence-corrected chi connectivity index (χ1v) is 5.51. The first-order valence-electron chi connectivity index (χ1n) is 4.60. The Morgan fingerprint density at radius 3 is 2.93 bits per heavy atom. The number of rotatable bonds is 4. The van der Waals surface area contributed by atoms with E-state index in [1.807, 2.05) is 6.07 Å². The van der Waals surface area contributed by atoms with Crippen molar-refractivity contribution < 1.29 is 13.9 Å². The number of esters is 1. The Hall–Kier alpha value is -0.900. The molecule has 0 saturated heterocycles. The maximum absolute atomic E-state index is 12.9. The second kappa shape index (κ2) is 5.85. The number of alkyl halides is 1. The van der Waals surface area contributed by atoms with Crippen molar-refractivity contribution in [2.45, 2.75) is 17.7 Å². The SMILES string of the molecule is COC(=O)CCC(Br)c1cccc(F)c1. The molecule has 1 aromatic rings. The third-order valence-electron chi connectivity index (χ3n) is 2.04. The summed E-state index contributed by atoms with van der Waals surface area (Å²) in [6.07, 6.45) is 0.916. The van der Waals surface area contributed by atoms with Crippen LogP contribution in [-0.2, 0) is 9.53 Å². The van der Waals surface area contributed by atoms with Crippen molar-refractivity contribution in [1.82, 2.24) is 0 Å². The Kier molecular flexibility index (Phi) is 4.75. The highest BCUT2D eigenvalue weighted by molar-refractivity contribution is 9.09. The molecule has 0 aliphatic heterocycles. The first kappa shape index (κ1) is 12.2. The third kappa shape index (κ3) is 4.00. The molecule has 0 bridgehead atoms. The summed E-state index contributed by atoms with van der Waals surface area (Å²) < 4.78 is 17.4. The van der Waals surface area contributed by atoms with Crippen molar-refractivity contribution in [3.63, 3.8) is 0 Å². The summed E-state index contributed by atoms with van der Waals surface area (Å²) in [5.41, 5.74) is 0.832. The highest BCUT2D eigenvalue weighted by atomic mass is 79.9. The monoisotopic (exact) mass is 274 g/mol. The van der Waals surface area contributed by atoms with Crippen LogP contribution in [0.15, 0.2) is 24.3 Å². The predicted octanol–water partition coefficient (Wildman–Crippen LogP) is 3.21. The molecule has 0 N–H and O–H groups in total. The van der Waals surface area contributed by atoms with E-state index in [0.717, 1.165) is 5.56 Å². The first-order chi connectivity index (χ1) is 7.13. The minimum Gasteiger partial charge on any atom is -0.469 e. The quantitative estimate of drug-likeness (QED) is 0.623. The lowest BCUT2D eigenvalue weighted by atomic mass is 10.1. The number of benzene rings is 1. The summed E-state index contributed by atoms with van der Waals surface area (Å²) in [5.74, 6) is -0.522. The van der Waals surface area contributed by atoms with Gasteiger partial charge in [-0.1, -0.05) is 28.1 Å². The van der Waals surface area contributed by atoms with Crippen LogP contribution in [0.2, 0.25) is 0 Å². The number of halogens is 2. The minimum absolute atomic E-state index is 0.0210. The van der Waals surface area contributed by atoms with E-state index in [1.54, 1.807) is 6.07 Å². The molecule has 0 aliphatic rings. The van der Waals surface area contributed by atoms with Gasteiger partial charge in [-0.05, 0) is 24.1 Å². The van der Waals surface area contributed by atoms with Crippen LogP contribution in [0.1, 0.15) is 23.2 Å². The molecule has 0 spiro atoms. The van der Waals surface area contributed by atoms with Gasteiger partial charge in [0.05, 0.1) is 7.11 Å². The van der Waals surface area contributed by atoms with Crippen molar-refractivity contribution in [2.75, 3.05) is 7.11 Å². The van der Waals surface area contributed by atoms with Gasteiger partial charge in [0.25, 0.3) is 0 Å². The maximum Gasteiger partial charge on any atom is 0.305 e. The Labute approximate surface area is 96.6 Å². The molecule has 1 rings (SSSR count). The molecule has 1 aromatic carbocycles. The molecule has 4 heteroatoms. The van der Waals surface area contributed by atoms with Gasteiger partial charge in [0.2, 0.25) is 0 Å². The number of hydrogen-bond donors (Lipinski definition) is 0. The molecule has 0 radical (unpaired) electrons. The highest BCUT2D eigenvalue weighted by Gasteiger charge is 2.10. The van der Waals surface area contributed by atoms with Gasteiger partial charge >= 0.3 is 5.97 Å². The molecule has 15 heavy (non-hydrogen) atoms. The molecule has 0 saturated carbocycles. The Morgan fingerprint density at radius 2 is 2.33 bits per heavy atom. The van der Waals surface area contributed by atoms with Gasteiger partial charge in [-0.3, -0.25) is 4.79 Å². The van der Waals surface area contributed by atoms with Crippen LogP contribution in [0.3, 0.4) is 0 Å². The van der Waals surface area contributed by atoms with Gasteiger partial charge in [-0.2, -0.15) is 0 Å². The summed E-state index contributed by atoms with van der Waals surface area (Å²) >= 11 is 3.40. The molecule has 0 aliphatic carbocycles. The molecular formula is C11H12BrFO2. The number of methoxy groups -OCH3 is 1. The summed E-state index contributed by atoms with van der Waals surface area (Å²) in [7, 11) is 1.35. The molecule has 0 fully saturated rings. The molecule has 1 unspecified atom stereocenters. The summed E-state index contributed by atoms with van der Waals surface area (Å²) in [4.78, 5) is 10.9. The van der Waals surface area contributed by atoms with Gasteiger partial charge in [-0.15, -0.1) is 0 Å². The van der Waals surface area contributed by atoms with Crippen LogP contribution in [0.25, 0.3) is 0 Å². The number of carbonyl (C=O) groups is 1. The van der Waals surface area contributed by atoms with Crippen LogP contribution in [-0.4, -0.2) is 13.1 Å². The average molecular weight is 275 g/mol. The lowest BCUT2D eigenvalue weighted by Crippen LogP contribution is -2.02. The molecular weight excluding hydrogens is 263 g/mol. The number of hydrogen-bond acceptors (Lipinski definition) is 2. The summed E-state index contributed by atoms with van der Waals surface area (Å²) in [6.45, 7) is 0. The standard InChI is InChI=1S/C11H12BrFO2/c1-15-11(14)6-5-10(12)8-3-2-4-9(13)7-8/h2-4,7,10H,5-6H2,1H3. The molecule has 1 atom stereocenters. The largest absolute Gasteiger partial charge is 0.469 e. The van der Waals surface area contributed by atoms with Crippen LogP contribution in [0.4, 0.5) is 4.39 Å². The van der Waals surface area contributed by atoms with Gasteiger partial charge < -0.3 is 4.74 Å². The zero-order valence-electron chi connectivity index (χ0n) is 8.37. The van der Waals surface area contributed by atoms with Crippen molar-refractivity contribution in [3.8, 4) is 0 Å². The van der Waals surface area contributed by atoms with E-state index in [-0.39, 0.29) is 16.6 Å². The second-order valence-electron chi connectivity index (χ2n) is 3.14. The third-order valence-corrected chi connectivity index (χ3v) is 3.03. The average Bonchev–Trinajstić information content (AvgIpc) is 2.25. The Morgan fingerprint density at radius 1 is 1.60 bits per heavy atom. The predicted molar refractivity (Wildman–Crippen MR) is 59.3 cm³/mol. The van der Waals surface area contributed by atoms with Gasteiger partial charge in [0.15, 0.2) is 0 Å². The molecule has 0 heterocycles. The van der Waals surface area contributed by atoms with E-state index in [0.29, 0.717) is 12.8 Å². The van der Waals surface area contributed by atoms with Crippen LogP contribution in [0, 0.1) is 5.82 Å². The fraction of sp³-hybridized carbons (Fsp3) is 0.364. The molecule has 0 amide bonds. The van der Waals surface area contributed by atoms with Crippen LogP contribution < -0.4 is 0 Å². The zero-order valence-corrected chi connectivity index (χ0v) is 9.96. The minimum atomic E-state index is -0.269. The van der Waals surface area contributed by atoms with E-state index in [1.165, 1.54) is 19.2 Å². The van der Waals surface area contributed by atoms with Crippen molar-refractivity contribution >= 4 is 21.9 Å². The Balaban J connectivity index is 2.53. The lowest BCUT2D eigenvalue weighted by Gasteiger charge is -2.09. The summed E-state index contributed by atoms with van der Waals surface area (Å²) in [5, 5.41) is 0. The summed E-state index contributed by atoms with van der Waals surface area (Å²) in [6, 6.07) is 6.32. The van der Waals surface area contributed by atoms with Gasteiger partial charge in [-0.25, -0.2) is 4.39 Å². The van der Waals surface area contributed by atoms with Gasteiger partial charge in [0, 0.05) is 11.2 Å². The van der Waals surface area contributed by atoms with Crippen molar-refractivity contribution in [1.29, 1.82) is 0 Å². The van der Waals surface area contributed by atoms with E-state index in [2.05, 4.69) is 20.7 Å². The number of carbonyl (C=O) groups excluding carboxylic acids is 1. The maximum atomic E-state index is 12.9. The Bertz CT molecular complexity index is 341. The molecule has 2 nitrogen and oxygen atoms in total. The van der Waals surface area contributed by atoms with E-state index < -0.39 is 0 Å². The second-order valence-corrected chi connectivity index (χ2v) is 4.24. The van der Waals surface area contributed by atoms with E-state index in [4.69, 9.17) is 0 Å². The smallest absolute Gasteiger partial charge is 0.305 e. The molecule has 82 valence electrons. The van der Waals surface area contributed by atoms with E-state index in [9.17, 15) is 9.18 Å². The topological polar surface area (TPSA) is 26.3 Å². The van der Waals surface area contributed by atoms with Crippen LogP contribution >= 0.6 is 15.9 Å². The fourth-order valence-corrected chi connectivity index (χ4v) is 1.73. The van der Waals surface area contributed by atoms with E-state index >= 15 is 0 Å². The number of ether oxygens (including phenoxy) is 1. The van der Waals surface area contributed by atoms with Crippen molar-refractivity contribution in [3.05, 3.63) is 35.6 Å². The molecule has 0 aromatic heterocycles. The highest BCUT2D eigenvalue weighted by Crippen LogP contribution is 2.28. The normalized spacial score (nSPS) is 12.2. The fourth-order valence-electron chi connectivity index (χ4n) is 1.21. The van der Waals surface area contributed by atoms with Gasteiger partial charge in [0.1, 0.15) is 5.82 Å². The lowest BCUT2D eigenvalue weighted by molar-refractivity contribution is -0.140.